The third kappa shape index (κ3) is 4.71. The Bertz CT molecular complexity index is 1800. The van der Waals surface area contributed by atoms with Crippen LogP contribution in [0.3, 0.4) is 0 Å². The summed E-state index contributed by atoms with van der Waals surface area (Å²) in [6.45, 7) is 2.33. The molecule has 0 saturated heterocycles. The number of nitrogens with one attached hydrogen (secondary N) is 1. The molecule has 2 heterocycles. The van der Waals surface area contributed by atoms with Gasteiger partial charge in [0.25, 0.3) is 15.6 Å². The smallest absolute Gasteiger partial charge is 0.263 e. The highest BCUT2D eigenvalue weighted by Gasteiger charge is 2.20. The van der Waals surface area contributed by atoms with Crippen LogP contribution in [0.15, 0.2) is 93.3 Å². The number of methoxy groups -OCH3 is 1. The van der Waals surface area contributed by atoms with Gasteiger partial charge in [-0.1, -0.05) is 17.3 Å². The predicted octanol–water partition coefficient (Wildman–Crippen LogP) is 4.99. The molecule has 0 bridgehead atoms. The van der Waals surface area contributed by atoms with E-state index in [0.717, 1.165) is 0 Å². The van der Waals surface area contributed by atoms with Crippen molar-refractivity contribution in [3.63, 3.8) is 0 Å². The molecule has 0 fully saturated rings. The third-order valence-electron chi connectivity index (χ3n) is 5.82. The van der Waals surface area contributed by atoms with Crippen LogP contribution in [0.1, 0.15) is 6.92 Å². The van der Waals surface area contributed by atoms with Crippen LogP contribution in [0.5, 0.6) is 11.5 Å². The number of hydrogen-bond acceptors (Lipinski definition) is 7. The lowest BCUT2D eigenvalue weighted by atomic mass is 10.0. The fourth-order valence-corrected chi connectivity index (χ4v) is 5.15. The van der Waals surface area contributed by atoms with Gasteiger partial charge in [0, 0.05) is 29.1 Å². The maximum Gasteiger partial charge on any atom is 0.263 e. The molecule has 5 rings (SSSR count). The summed E-state index contributed by atoms with van der Waals surface area (Å²) in [6, 6.07) is 18.1. The lowest BCUT2D eigenvalue weighted by Gasteiger charge is -2.17. The number of rotatable bonds is 8. The normalized spacial score (nSPS) is 11.4. The van der Waals surface area contributed by atoms with Crippen molar-refractivity contribution < 1.29 is 26.8 Å². The first-order chi connectivity index (χ1) is 18.3. The molecule has 11 heteroatoms. The summed E-state index contributed by atoms with van der Waals surface area (Å²) in [4.78, 5) is 12.9. The topological polar surface area (TPSA) is 113 Å². The fourth-order valence-electron chi connectivity index (χ4n) is 4.12. The summed E-state index contributed by atoms with van der Waals surface area (Å²) in [5.41, 5.74) is 0.937. The van der Waals surface area contributed by atoms with Crippen molar-refractivity contribution in [1.29, 1.82) is 0 Å². The molecule has 0 atom stereocenters. The molecular formula is C27H22FN3O6S. The Morgan fingerprint density at radius 3 is 2.63 bits per heavy atom. The second-order valence-corrected chi connectivity index (χ2v) is 9.86. The van der Waals surface area contributed by atoms with Crippen LogP contribution in [0.4, 0.5) is 10.2 Å². The van der Waals surface area contributed by atoms with Crippen molar-refractivity contribution in [2.24, 2.45) is 0 Å². The molecule has 0 saturated carbocycles. The van der Waals surface area contributed by atoms with E-state index >= 15 is 4.39 Å². The minimum Gasteiger partial charge on any atom is -0.495 e. The van der Waals surface area contributed by atoms with E-state index in [-0.39, 0.29) is 27.7 Å². The number of anilines is 1. The van der Waals surface area contributed by atoms with Gasteiger partial charge in [0.2, 0.25) is 0 Å². The maximum atomic E-state index is 15.5. The van der Waals surface area contributed by atoms with E-state index in [9.17, 15) is 13.2 Å². The molecule has 0 amide bonds. The number of pyridine rings is 1. The molecule has 5 aromatic rings. The van der Waals surface area contributed by atoms with Gasteiger partial charge in [-0.15, -0.1) is 0 Å². The Morgan fingerprint density at radius 2 is 1.89 bits per heavy atom. The van der Waals surface area contributed by atoms with Crippen LogP contribution in [-0.4, -0.2) is 31.9 Å². The third-order valence-corrected chi connectivity index (χ3v) is 7.17. The van der Waals surface area contributed by atoms with E-state index in [2.05, 4.69) is 14.4 Å². The molecule has 2 aromatic heterocycles. The molecule has 194 valence electrons. The molecule has 0 radical (unpaired) electrons. The number of sulfonamides is 1. The molecule has 0 aliphatic rings. The van der Waals surface area contributed by atoms with Crippen LogP contribution >= 0.6 is 0 Å². The largest absolute Gasteiger partial charge is 0.495 e. The van der Waals surface area contributed by atoms with Gasteiger partial charge in [0.15, 0.2) is 5.82 Å². The molecule has 1 N–H and O–H groups in total. The SMILES string of the molecule is CCOc1cccc(-c2cc(OC)c(-n3c(=O)ccc4cc(S(=O)(=O)Nc5ccon5)ccc43)cc2F)c1. The van der Waals surface area contributed by atoms with Crippen molar-refractivity contribution >= 4 is 26.7 Å². The number of ether oxygens (including phenoxy) is 2. The van der Waals surface area contributed by atoms with Gasteiger partial charge in [-0.05, 0) is 55.0 Å². The average Bonchev–Trinajstić information content (AvgIpc) is 3.41. The van der Waals surface area contributed by atoms with Gasteiger partial charge >= 0.3 is 0 Å². The minimum absolute atomic E-state index is 0.0298. The Kier molecular flexibility index (Phi) is 6.60. The Hall–Kier alpha value is -4.64. The molecular weight excluding hydrogens is 513 g/mol. The van der Waals surface area contributed by atoms with Gasteiger partial charge in [0.1, 0.15) is 23.6 Å². The standard InChI is InChI=1S/C27H22FN3O6S/c1-3-36-19-6-4-5-17(13-19)21-15-25(35-2)24(16-22(21)28)31-23-9-8-20(14-18(23)7-10-27(31)32)38(33,34)30-26-11-12-37-29-26/h4-16H,3H2,1-2H3,(H,29,30). The van der Waals surface area contributed by atoms with E-state index in [1.165, 1.54) is 66.5 Å². The van der Waals surface area contributed by atoms with E-state index < -0.39 is 21.4 Å². The first-order valence-corrected chi connectivity index (χ1v) is 13.0. The molecule has 38 heavy (non-hydrogen) atoms. The monoisotopic (exact) mass is 535 g/mol. The summed E-state index contributed by atoms with van der Waals surface area (Å²) < 4.78 is 60.4. The highest BCUT2D eigenvalue weighted by molar-refractivity contribution is 7.92. The minimum atomic E-state index is -3.98. The summed E-state index contributed by atoms with van der Waals surface area (Å²) >= 11 is 0. The van der Waals surface area contributed by atoms with Crippen LogP contribution in [-0.2, 0) is 10.0 Å². The molecule has 0 unspecified atom stereocenters. The second kappa shape index (κ2) is 10.0. The highest BCUT2D eigenvalue weighted by Crippen LogP contribution is 2.34. The zero-order valence-corrected chi connectivity index (χ0v) is 21.2. The fraction of sp³-hybridized carbons (Fsp3) is 0.111. The first kappa shape index (κ1) is 25.0. The van der Waals surface area contributed by atoms with E-state index in [4.69, 9.17) is 9.47 Å². The number of nitrogens with zero attached hydrogens (tertiary/aromatic N) is 2. The predicted molar refractivity (Wildman–Crippen MR) is 140 cm³/mol. The Morgan fingerprint density at radius 1 is 1.05 bits per heavy atom. The van der Waals surface area contributed by atoms with Crippen molar-refractivity contribution in [1.82, 2.24) is 9.72 Å². The maximum absolute atomic E-state index is 15.5. The molecule has 0 aliphatic heterocycles. The summed E-state index contributed by atoms with van der Waals surface area (Å²) in [5.74, 6) is 0.306. The first-order valence-electron chi connectivity index (χ1n) is 11.5. The van der Waals surface area contributed by atoms with Crippen LogP contribution < -0.4 is 19.8 Å². The van der Waals surface area contributed by atoms with E-state index in [1.807, 2.05) is 6.92 Å². The number of hydrogen-bond donors (Lipinski definition) is 1. The number of halogens is 1. The molecule has 0 aliphatic carbocycles. The highest BCUT2D eigenvalue weighted by atomic mass is 32.2. The number of fused-ring (bicyclic) bond motifs is 1. The van der Waals surface area contributed by atoms with Gasteiger partial charge in [0.05, 0.1) is 29.8 Å². The van der Waals surface area contributed by atoms with Crippen LogP contribution in [0.25, 0.3) is 27.7 Å². The average molecular weight is 536 g/mol. The Labute approximate surface area is 217 Å². The molecule has 0 spiro atoms. The molecule has 9 nitrogen and oxygen atoms in total. The molecule has 3 aromatic carbocycles. The summed E-state index contributed by atoms with van der Waals surface area (Å²) in [7, 11) is -2.56. The van der Waals surface area contributed by atoms with E-state index in [0.29, 0.717) is 28.8 Å². The van der Waals surface area contributed by atoms with Crippen molar-refractivity contribution in [3.8, 4) is 28.3 Å². The van der Waals surface area contributed by atoms with Crippen molar-refractivity contribution in [3.05, 3.63) is 95.2 Å². The zero-order valence-electron chi connectivity index (χ0n) is 20.3. The van der Waals surface area contributed by atoms with Crippen LogP contribution in [0, 0.1) is 5.82 Å². The summed E-state index contributed by atoms with van der Waals surface area (Å²) in [6.07, 6.45) is 1.24. The number of benzene rings is 3. The van der Waals surface area contributed by atoms with Gasteiger partial charge < -0.3 is 14.0 Å². The quantitative estimate of drug-likeness (QED) is 0.298. The van der Waals surface area contributed by atoms with E-state index in [1.54, 1.807) is 24.3 Å². The lowest BCUT2D eigenvalue weighted by molar-refractivity contribution is 0.340. The van der Waals surface area contributed by atoms with Crippen molar-refractivity contribution in [2.75, 3.05) is 18.4 Å². The van der Waals surface area contributed by atoms with Crippen molar-refractivity contribution in [2.45, 2.75) is 11.8 Å². The second-order valence-electron chi connectivity index (χ2n) is 8.18. The Balaban J connectivity index is 1.62. The summed E-state index contributed by atoms with van der Waals surface area (Å²) in [5, 5.41) is 3.99. The number of aromatic nitrogens is 2. The zero-order chi connectivity index (χ0) is 26.9. The van der Waals surface area contributed by atoms with Gasteiger partial charge in [-0.25, -0.2) is 12.8 Å². The van der Waals surface area contributed by atoms with Crippen LogP contribution in [0.2, 0.25) is 0 Å². The lowest BCUT2D eigenvalue weighted by Crippen LogP contribution is -2.19. The van der Waals surface area contributed by atoms with Gasteiger partial charge in [-0.2, -0.15) is 0 Å². The van der Waals surface area contributed by atoms with Gasteiger partial charge in [-0.3, -0.25) is 14.1 Å².